The maximum Gasteiger partial charge on any atom is 0.0547 e. The molecule has 0 atom stereocenters. The van der Waals surface area contributed by atoms with E-state index in [0.717, 1.165) is 11.7 Å². The van der Waals surface area contributed by atoms with Gasteiger partial charge in [0.15, 0.2) is 0 Å². The first-order chi connectivity index (χ1) is 4.43. The highest BCUT2D eigenvalue weighted by molar-refractivity contribution is 7.99. The minimum atomic E-state index is 1.03. The number of hydrogen-bond acceptors (Lipinski definition) is 1. The third-order valence-corrected chi connectivity index (χ3v) is 2.46. The summed E-state index contributed by atoms with van der Waals surface area (Å²) in [7, 11) is 0. The second kappa shape index (κ2) is 3.85. The molecule has 0 aromatic rings. The third kappa shape index (κ3) is 3.48. The van der Waals surface area contributed by atoms with Crippen molar-refractivity contribution in [1.82, 2.24) is 0 Å². The zero-order valence-electron chi connectivity index (χ0n) is 5.81. The third-order valence-electron chi connectivity index (χ3n) is 1.40. The van der Waals surface area contributed by atoms with Gasteiger partial charge in [-0.3, -0.25) is 0 Å². The summed E-state index contributed by atoms with van der Waals surface area (Å²) in [6.45, 7) is 1.90. The fourth-order valence-electron chi connectivity index (χ4n) is 0.633. The Morgan fingerprint density at radius 2 is 2.33 bits per heavy atom. The van der Waals surface area contributed by atoms with Crippen molar-refractivity contribution >= 4 is 11.8 Å². The number of hydrogen-bond donors (Lipinski definition) is 0. The van der Waals surface area contributed by atoms with Gasteiger partial charge in [0, 0.05) is 0 Å². The fourth-order valence-corrected chi connectivity index (χ4v) is 1.66. The van der Waals surface area contributed by atoms with Gasteiger partial charge in [-0.2, -0.15) is 0 Å². The molecular weight excluding hydrogens is 128 g/mol. The molecule has 1 aliphatic rings. The number of rotatable bonds is 3. The first-order valence-corrected chi connectivity index (χ1v) is 4.56. The van der Waals surface area contributed by atoms with Crippen molar-refractivity contribution in [3.8, 4) is 11.8 Å². The molecule has 1 saturated carbocycles. The van der Waals surface area contributed by atoms with Gasteiger partial charge in [0.1, 0.15) is 0 Å². The molecule has 1 aliphatic carbocycles. The van der Waals surface area contributed by atoms with Crippen LogP contribution in [0.2, 0.25) is 0 Å². The Morgan fingerprint density at radius 1 is 1.56 bits per heavy atom. The minimum absolute atomic E-state index is 1.03. The summed E-state index contributed by atoms with van der Waals surface area (Å²) < 4.78 is 0. The van der Waals surface area contributed by atoms with E-state index < -0.39 is 0 Å². The predicted molar refractivity (Wildman–Crippen MR) is 43.5 cm³/mol. The van der Waals surface area contributed by atoms with Crippen molar-refractivity contribution in [2.75, 3.05) is 11.5 Å². The second-order valence-electron chi connectivity index (χ2n) is 2.39. The summed E-state index contributed by atoms with van der Waals surface area (Å²) in [5.74, 6) is 9.36. The SMILES string of the molecule is CC#CCSCC1CC1. The lowest BCUT2D eigenvalue weighted by atomic mass is 10.5. The lowest BCUT2D eigenvalue weighted by Crippen LogP contribution is -1.80. The summed E-state index contributed by atoms with van der Waals surface area (Å²) in [5, 5.41) is 0. The lowest BCUT2D eigenvalue weighted by molar-refractivity contribution is 1.00. The molecule has 0 heterocycles. The molecule has 0 aliphatic heterocycles. The van der Waals surface area contributed by atoms with Crippen molar-refractivity contribution in [2.24, 2.45) is 5.92 Å². The van der Waals surface area contributed by atoms with Crippen molar-refractivity contribution in [1.29, 1.82) is 0 Å². The summed E-state index contributed by atoms with van der Waals surface area (Å²) >= 11 is 1.97. The lowest BCUT2D eigenvalue weighted by Gasteiger charge is -1.89. The first kappa shape index (κ1) is 7.02. The Hall–Kier alpha value is -0.0900. The average Bonchev–Trinajstić information content (AvgIpc) is 2.63. The van der Waals surface area contributed by atoms with Crippen molar-refractivity contribution in [2.45, 2.75) is 19.8 Å². The van der Waals surface area contributed by atoms with Crippen LogP contribution >= 0.6 is 11.8 Å². The van der Waals surface area contributed by atoms with Crippen LogP contribution in [0.3, 0.4) is 0 Å². The van der Waals surface area contributed by atoms with E-state index >= 15 is 0 Å². The van der Waals surface area contributed by atoms with E-state index in [4.69, 9.17) is 0 Å². The Labute approximate surface area is 61.4 Å². The molecule has 0 radical (unpaired) electrons. The molecule has 0 unspecified atom stereocenters. The highest BCUT2D eigenvalue weighted by Crippen LogP contribution is 2.31. The molecular formula is C8H12S. The van der Waals surface area contributed by atoms with Crippen LogP contribution in [0.4, 0.5) is 0 Å². The van der Waals surface area contributed by atoms with Crippen molar-refractivity contribution < 1.29 is 0 Å². The molecule has 9 heavy (non-hydrogen) atoms. The first-order valence-electron chi connectivity index (χ1n) is 3.41. The average molecular weight is 140 g/mol. The van der Waals surface area contributed by atoms with Crippen molar-refractivity contribution in [3.05, 3.63) is 0 Å². The van der Waals surface area contributed by atoms with Gasteiger partial charge in [0.25, 0.3) is 0 Å². The Morgan fingerprint density at radius 3 is 2.89 bits per heavy atom. The molecule has 0 spiro atoms. The van der Waals surface area contributed by atoms with E-state index in [1.54, 1.807) is 0 Å². The van der Waals surface area contributed by atoms with E-state index in [-0.39, 0.29) is 0 Å². The van der Waals surface area contributed by atoms with Gasteiger partial charge < -0.3 is 0 Å². The van der Waals surface area contributed by atoms with Crippen LogP contribution < -0.4 is 0 Å². The highest BCUT2D eigenvalue weighted by atomic mass is 32.2. The van der Waals surface area contributed by atoms with Gasteiger partial charge in [-0.1, -0.05) is 5.92 Å². The normalized spacial score (nSPS) is 16.6. The van der Waals surface area contributed by atoms with Gasteiger partial charge in [0.05, 0.1) is 5.75 Å². The minimum Gasteiger partial charge on any atom is -0.149 e. The fraction of sp³-hybridized carbons (Fsp3) is 0.750. The van der Waals surface area contributed by atoms with Gasteiger partial charge in [0.2, 0.25) is 0 Å². The molecule has 0 N–H and O–H groups in total. The molecule has 0 saturated heterocycles. The monoisotopic (exact) mass is 140 g/mol. The zero-order valence-corrected chi connectivity index (χ0v) is 6.63. The molecule has 0 aromatic carbocycles. The molecule has 1 heteroatoms. The van der Waals surface area contributed by atoms with Gasteiger partial charge in [-0.25, -0.2) is 0 Å². The predicted octanol–water partition coefficient (Wildman–Crippen LogP) is 2.15. The smallest absolute Gasteiger partial charge is 0.0547 e. The van der Waals surface area contributed by atoms with Gasteiger partial charge in [-0.15, -0.1) is 17.7 Å². The van der Waals surface area contributed by atoms with Gasteiger partial charge >= 0.3 is 0 Å². The van der Waals surface area contributed by atoms with E-state index in [0.29, 0.717) is 0 Å². The molecule has 0 bridgehead atoms. The van der Waals surface area contributed by atoms with Crippen LogP contribution in [0.1, 0.15) is 19.8 Å². The Balaban J connectivity index is 1.84. The largest absolute Gasteiger partial charge is 0.149 e. The van der Waals surface area contributed by atoms with Gasteiger partial charge in [-0.05, 0) is 31.4 Å². The van der Waals surface area contributed by atoms with Crippen LogP contribution in [-0.4, -0.2) is 11.5 Å². The maximum atomic E-state index is 3.04. The number of thioether (sulfide) groups is 1. The van der Waals surface area contributed by atoms with E-state index in [2.05, 4.69) is 11.8 Å². The van der Waals surface area contributed by atoms with E-state index in [1.165, 1.54) is 18.6 Å². The van der Waals surface area contributed by atoms with Crippen LogP contribution in [-0.2, 0) is 0 Å². The summed E-state index contributed by atoms with van der Waals surface area (Å²) in [4.78, 5) is 0. The molecule has 1 fully saturated rings. The standard InChI is InChI=1S/C8H12S/c1-2-3-6-9-7-8-4-5-8/h8H,4-7H2,1H3. The molecule has 50 valence electrons. The zero-order chi connectivity index (χ0) is 6.53. The molecule has 0 nitrogen and oxygen atoms in total. The maximum absolute atomic E-state index is 3.04. The van der Waals surface area contributed by atoms with Crippen LogP contribution in [0.15, 0.2) is 0 Å². The summed E-state index contributed by atoms with van der Waals surface area (Å²) in [5.41, 5.74) is 0. The summed E-state index contributed by atoms with van der Waals surface area (Å²) in [6.07, 6.45) is 2.93. The van der Waals surface area contributed by atoms with E-state index in [9.17, 15) is 0 Å². The Kier molecular flexibility index (Phi) is 3.00. The van der Waals surface area contributed by atoms with Crippen LogP contribution in [0.25, 0.3) is 0 Å². The summed E-state index contributed by atoms with van der Waals surface area (Å²) in [6, 6.07) is 0. The molecule has 0 amide bonds. The Bertz CT molecular complexity index is 125. The molecule has 1 rings (SSSR count). The van der Waals surface area contributed by atoms with Crippen LogP contribution in [0.5, 0.6) is 0 Å². The molecule has 0 aromatic heterocycles. The highest BCUT2D eigenvalue weighted by Gasteiger charge is 2.20. The van der Waals surface area contributed by atoms with Crippen LogP contribution in [0, 0.1) is 17.8 Å². The second-order valence-corrected chi connectivity index (χ2v) is 3.42. The quantitative estimate of drug-likeness (QED) is 0.427. The van der Waals surface area contributed by atoms with Crippen molar-refractivity contribution in [3.63, 3.8) is 0 Å². The van der Waals surface area contributed by atoms with E-state index in [1.807, 2.05) is 18.7 Å². The topological polar surface area (TPSA) is 0 Å².